The lowest BCUT2D eigenvalue weighted by Gasteiger charge is -2.35. The number of likely N-dealkylation sites (tertiary alicyclic amines) is 1. The number of amides is 4. The standard InChI is InChI=1S/C45H53N7O7/c1-27-22-30(58-21-17-28-15-19-50(20-16-28)34-9-6-8-32-33(34)26-51(43(32)56)36-13-14-40(53)48-42(36)55)11-12-31(27)41(54)47-39-24-37-29(25-46-39)23-38(35-10-7-18-49(35)5)52(37)44(57)59-45(2,3)4/h6,8-9,11-12,22-25,28,35-36H,7,10,13-21,26H2,1-5H3,(H,46,47,54)(H,48,53,55)/t35-,36?/m1/s1. The van der Waals surface area contributed by atoms with Crippen molar-refractivity contribution in [1.82, 2.24) is 24.7 Å². The molecule has 4 aliphatic heterocycles. The number of hydrogen-bond acceptors (Lipinski definition) is 10. The first kappa shape index (κ1) is 40.0. The Morgan fingerprint density at radius 1 is 0.966 bits per heavy atom. The summed E-state index contributed by atoms with van der Waals surface area (Å²) >= 11 is 0. The molecule has 6 heterocycles. The second kappa shape index (κ2) is 16.1. The van der Waals surface area contributed by atoms with Gasteiger partial charge < -0.3 is 24.6 Å². The predicted molar refractivity (Wildman–Crippen MR) is 223 cm³/mol. The van der Waals surface area contributed by atoms with Crippen LogP contribution in [-0.4, -0.2) is 94.0 Å². The third-order valence-corrected chi connectivity index (χ3v) is 12.1. The van der Waals surface area contributed by atoms with E-state index < -0.39 is 23.6 Å². The monoisotopic (exact) mass is 803 g/mol. The van der Waals surface area contributed by atoms with Gasteiger partial charge in [-0.1, -0.05) is 6.07 Å². The molecular formula is C45H53N7O7. The highest BCUT2D eigenvalue weighted by Crippen LogP contribution is 2.37. The Morgan fingerprint density at radius 3 is 2.47 bits per heavy atom. The van der Waals surface area contributed by atoms with Crippen LogP contribution in [0.2, 0.25) is 0 Å². The van der Waals surface area contributed by atoms with Gasteiger partial charge in [0.05, 0.1) is 18.2 Å². The van der Waals surface area contributed by atoms with Gasteiger partial charge in [-0.3, -0.25) is 29.4 Å². The van der Waals surface area contributed by atoms with Gasteiger partial charge in [-0.25, -0.2) is 14.3 Å². The van der Waals surface area contributed by atoms with Gasteiger partial charge in [0.2, 0.25) is 11.8 Å². The van der Waals surface area contributed by atoms with Crippen LogP contribution in [0.15, 0.2) is 54.7 Å². The molecule has 4 amide bonds. The Bertz CT molecular complexity index is 2320. The van der Waals surface area contributed by atoms with Crippen LogP contribution in [0.1, 0.15) is 109 Å². The van der Waals surface area contributed by atoms with E-state index in [1.165, 1.54) is 0 Å². The van der Waals surface area contributed by atoms with Crippen molar-refractivity contribution >= 4 is 52.1 Å². The molecule has 0 radical (unpaired) electrons. The lowest BCUT2D eigenvalue weighted by Crippen LogP contribution is -2.52. The van der Waals surface area contributed by atoms with Crippen molar-refractivity contribution in [3.63, 3.8) is 0 Å². The first-order valence-corrected chi connectivity index (χ1v) is 20.8. The van der Waals surface area contributed by atoms with Crippen LogP contribution in [0.5, 0.6) is 5.75 Å². The van der Waals surface area contributed by atoms with E-state index in [0.29, 0.717) is 53.7 Å². The smallest absolute Gasteiger partial charge is 0.419 e. The van der Waals surface area contributed by atoms with E-state index in [-0.39, 0.29) is 30.2 Å². The maximum absolute atomic E-state index is 13.6. The number of ether oxygens (including phenoxy) is 2. The van der Waals surface area contributed by atoms with Crippen molar-refractivity contribution in [3.8, 4) is 5.75 Å². The molecule has 0 spiro atoms. The molecule has 59 heavy (non-hydrogen) atoms. The summed E-state index contributed by atoms with van der Waals surface area (Å²) in [7, 11) is 2.06. The third kappa shape index (κ3) is 8.27. The van der Waals surface area contributed by atoms with E-state index in [1.54, 1.807) is 27.8 Å². The van der Waals surface area contributed by atoms with Crippen LogP contribution < -0.4 is 20.3 Å². The first-order valence-electron chi connectivity index (χ1n) is 20.8. The van der Waals surface area contributed by atoms with Gasteiger partial charge >= 0.3 is 6.09 Å². The molecule has 2 N–H and O–H groups in total. The van der Waals surface area contributed by atoms with Crippen LogP contribution in [0.3, 0.4) is 0 Å². The Morgan fingerprint density at radius 2 is 1.76 bits per heavy atom. The molecular weight excluding hydrogens is 751 g/mol. The summed E-state index contributed by atoms with van der Waals surface area (Å²) in [5.74, 6) is 0.348. The molecule has 3 fully saturated rings. The highest BCUT2D eigenvalue weighted by Gasteiger charge is 2.40. The zero-order valence-corrected chi connectivity index (χ0v) is 34.5. The zero-order valence-electron chi connectivity index (χ0n) is 34.5. The van der Waals surface area contributed by atoms with E-state index in [4.69, 9.17) is 9.47 Å². The van der Waals surface area contributed by atoms with Crippen molar-refractivity contribution < 1.29 is 33.4 Å². The highest BCUT2D eigenvalue weighted by atomic mass is 16.6. The molecule has 4 aromatic rings. The minimum Gasteiger partial charge on any atom is -0.494 e. The molecule has 4 aliphatic rings. The van der Waals surface area contributed by atoms with E-state index in [9.17, 15) is 24.0 Å². The molecule has 8 rings (SSSR count). The van der Waals surface area contributed by atoms with Crippen molar-refractivity contribution in [2.75, 3.05) is 43.5 Å². The van der Waals surface area contributed by atoms with E-state index in [2.05, 4.69) is 38.5 Å². The number of nitrogens with zero attached hydrogens (tertiary/aromatic N) is 5. The maximum Gasteiger partial charge on any atom is 0.419 e. The second-order valence-electron chi connectivity index (χ2n) is 17.4. The maximum atomic E-state index is 13.6. The van der Waals surface area contributed by atoms with Crippen LogP contribution in [0.25, 0.3) is 10.9 Å². The fourth-order valence-electron chi connectivity index (χ4n) is 9.07. The third-order valence-electron chi connectivity index (χ3n) is 12.1. The molecule has 14 nitrogen and oxygen atoms in total. The minimum atomic E-state index is -0.677. The summed E-state index contributed by atoms with van der Waals surface area (Å²) in [6.45, 7) is 11.0. The topological polar surface area (TPSA) is 155 Å². The largest absolute Gasteiger partial charge is 0.494 e. The van der Waals surface area contributed by atoms with Gasteiger partial charge in [0.1, 0.15) is 23.2 Å². The number of piperidine rings is 2. The number of aryl methyl sites for hydroxylation is 1. The number of hydrogen-bond donors (Lipinski definition) is 2. The van der Waals surface area contributed by atoms with E-state index in [0.717, 1.165) is 79.6 Å². The summed E-state index contributed by atoms with van der Waals surface area (Å²) < 4.78 is 13.6. The molecule has 2 atom stereocenters. The van der Waals surface area contributed by atoms with Gasteiger partial charge in [0.15, 0.2) is 0 Å². The SMILES string of the molecule is Cc1cc(OCCC2CCN(c3cccc4c3CN(C3CCC(=O)NC3=O)C4=O)CC2)ccc1C(=O)Nc1cc2c(cn1)cc([C@H]1CCCN1C)n2C(=O)OC(C)(C)C. The van der Waals surface area contributed by atoms with Gasteiger partial charge in [0.25, 0.3) is 11.8 Å². The first-order chi connectivity index (χ1) is 28.2. The zero-order chi connectivity index (χ0) is 41.6. The Balaban J connectivity index is 0.857. The number of rotatable bonds is 9. The summed E-state index contributed by atoms with van der Waals surface area (Å²) in [6.07, 6.45) is 6.63. The Hall–Kier alpha value is -5.76. The predicted octanol–water partition coefficient (Wildman–Crippen LogP) is 6.59. The number of carbonyl (C=O) groups excluding carboxylic acids is 5. The molecule has 2 aromatic carbocycles. The Labute approximate surface area is 344 Å². The molecule has 14 heteroatoms. The average molecular weight is 804 g/mol. The van der Waals surface area contributed by atoms with Gasteiger partial charge in [0, 0.05) is 71.8 Å². The normalized spacial score (nSPS) is 20.3. The van der Waals surface area contributed by atoms with Gasteiger partial charge in [-0.15, -0.1) is 0 Å². The number of carbonyl (C=O) groups is 5. The fourth-order valence-corrected chi connectivity index (χ4v) is 9.07. The van der Waals surface area contributed by atoms with Crippen molar-refractivity contribution in [3.05, 3.63) is 82.7 Å². The highest BCUT2D eigenvalue weighted by molar-refractivity contribution is 6.07. The van der Waals surface area contributed by atoms with Gasteiger partial charge in [-0.05, 0) is 128 Å². The van der Waals surface area contributed by atoms with Crippen LogP contribution in [-0.2, 0) is 20.9 Å². The number of pyridine rings is 1. The van der Waals surface area contributed by atoms with E-state index >= 15 is 0 Å². The Kier molecular flexibility index (Phi) is 10.9. The minimum absolute atomic E-state index is 0.0715. The summed E-state index contributed by atoms with van der Waals surface area (Å²) in [4.78, 5) is 75.4. The molecule has 2 aromatic heterocycles. The molecule has 0 bridgehead atoms. The average Bonchev–Trinajstić information content (AvgIpc) is 3.88. The summed E-state index contributed by atoms with van der Waals surface area (Å²) in [5.41, 5.74) is 4.68. The van der Waals surface area contributed by atoms with Crippen molar-refractivity contribution in [2.45, 2.75) is 96.9 Å². The second-order valence-corrected chi connectivity index (χ2v) is 17.4. The fraction of sp³-hybridized carbons (Fsp3) is 0.467. The number of aromatic nitrogens is 2. The van der Waals surface area contributed by atoms with Crippen molar-refractivity contribution in [1.29, 1.82) is 0 Å². The number of anilines is 2. The van der Waals surface area contributed by atoms with Crippen LogP contribution in [0, 0.1) is 12.8 Å². The molecule has 1 unspecified atom stereocenters. The van der Waals surface area contributed by atoms with Crippen LogP contribution in [0.4, 0.5) is 16.3 Å². The molecule has 3 saturated heterocycles. The lowest BCUT2D eigenvalue weighted by atomic mass is 9.93. The quantitative estimate of drug-likeness (QED) is 0.177. The number of nitrogens with one attached hydrogen (secondary N) is 2. The van der Waals surface area contributed by atoms with E-state index in [1.807, 2.05) is 58.0 Å². The van der Waals surface area contributed by atoms with Gasteiger partial charge in [-0.2, -0.15) is 0 Å². The molecule has 0 saturated carbocycles. The molecule has 0 aliphatic carbocycles. The number of benzene rings is 2. The summed E-state index contributed by atoms with van der Waals surface area (Å²) in [6, 6.07) is 14.4. The molecule has 310 valence electrons. The van der Waals surface area contributed by atoms with Crippen LogP contribution >= 0.6 is 0 Å². The number of fused-ring (bicyclic) bond motifs is 2. The lowest BCUT2D eigenvalue weighted by molar-refractivity contribution is -0.136. The van der Waals surface area contributed by atoms with Crippen molar-refractivity contribution in [2.24, 2.45) is 5.92 Å². The summed E-state index contributed by atoms with van der Waals surface area (Å²) in [5, 5.41) is 6.11. The number of imide groups is 1.